The summed E-state index contributed by atoms with van der Waals surface area (Å²) in [5.41, 5.74) is 2.55. The monoisotopic (exact) mass is 262 g/mol. The SMILES string of the molecule is Cc1cc(NCC2C(C)(C)C2(C)C)cc([N+](=O)[O-])c1. The van der Waals surface area contributed by atoms with Crippen molar-refractivity contribution in [2.45, 2.75) is 34.6 Å². The van der Waals surface area contributed by atoms with Crippen LogP contribution in [0.15, 0.2) is 18.2 Å². The Balaban J connectivity index is 2.07. The minimum Gasteiger partial charge on any atom is -0.385 e. The number of benzene rings is 1. The summed E-state index contributed by atoms with van der Waals surface area (Å²) in [6, 6.07) is 5.15. The van der Waals surface area contributed by atoms with E-state index in [1.807, 2.05) is 13.0 Å². The van der Waals surface area contributed by atoms with E-state index in [0.29, 0.717) is 16.7 Å². The fourth-order valence-electron chi connectivity index (χ4n) is 3.03. The van der Waals surface area contributed by atoms with Crippen molar-refractivity contribution in [3.8, 4) is 0 Å². The molecule has 0 radical (unpaired) electrons. The maximum atomic E-state index is 10.8. The molecule has 4 heteroatoms. The van der Waals surface area contributed by atoms with Crippen molar-refractivity contribution < 1.29 is 4.92 Å². The van der Waals surface area contributed by atoms with Gasteiger partial charge < -0.3 is 5.32 Å². The van der Waals surface area contributed by atoms with Crippen molar-refractivity contribution in [3.05, 3.63) is 33.9 Å². The van der Waals surface area contributed by atoms with Gasteiger partial charge in [-0.15, -0.1) is 0 Å². The van der Waals surface area contributed by atoms with Gasteiger partial charge in [-0.2, -0.15) is 0 Å². The molecular weight excluding hydrogens is 240 g/mol. The molecular formula is C15H22N2O2. The van der Waals surface area contributed by atoms with Crippen LogP contribution < -0.4 is 5.32 Å². The molecule has 4 nitrogen and oxygen atoms in total. The Hall–Kier alpha value is -1.58. The third kappa shape index (κ3) is 2.31. The Morgan fingerprint density at radius 1 is 1.21 bits per heavy atom. The first kappa shape index (κ1) is 13.8. The zero-order valence-corrected chi connectivity index (χ0v) is 12.3. The largest absolute Gasteiger partial charge is 0.385 e. The molecule has 1 saturated carbocycles. The molecule has 1 aromatic rings. The fourth-order valence-corrected chi connectivity index (χ4v) is 3.03. The molecule has 0 amide bonds. The number of aryl methyl sites for hydroxylation is 1. The molecule has 0 heterocycles. The fraction of sp³-hybridized carbons (Fsp3) is 0.600. The van der Waals surface area contributed by atoms with Gasteiger partial charge >= 0.3 is 0 Å². The minimum absolute atomic E-state index is 0.150. The van der Waals surface area contributed by atoms with Crippen LogP contribution in [0.2, 0.25) is 0 Å². The second-order valence-electron chi connectivity index (χ2n) is 6.69. The molecule has 1 aromatic carbocycles. The van der Waals surface area contributed by atoms with E-state index >= 15 is 0 Å². The number of nitro groups is 1. The highest BCUT2D eigenvalue weighted by molar-refractivity contribution is 5.54. The Bertz CT molecular complexity index is 507. The smallest absolute Gasteiger partial charge is 0.271 e. The van der Waals surface area contributed by atoms with Gasteiger partial charge in [0.15, 0.2) is 0 Å². The Morgan fingerprint density at radius 2 is 1.79 bits per heavy atom. The number of nitrogens with one attached hydrogen (secondary N) is 1. The Labute approximate surface area is 114 Å². The maximum Gasteiger partial charge on any atom is 0.271 e. The van der Waals surface area contributed by atoms with Gasteiger partial charge in [0.2, 0.25) is 0 Å². The lowest BCUT2D eigenvalue weighted by molar-refractivity contribution is -0.384. The van der Waals surface area contributed by atoms with E-state index in [2.05, 4.69) is 33.0 Å². The Morgan fingerprint density at radius 3 is 2.26 bits per heavy atom. The van der Waals surface area contributed by atoms with Crippen LogP contribution in [0.5, 0.6) is 0 Å². The third-order valence-electron chi connectivity index (χ3n) is 5.10. The summed E-state index contributed by atoms with van der Waals surface area (Å²) >= 11 is 0. The van der Waals surface area contributed by atoms with Gasteiger partial charge in [-0.05, 0) is 35.3 Å². The van der Waals surface area contributed by atoms with Gasteiger partial charge in [0.1, 0.15) is 0 Å². The molecule has 1 N–H and O–H groups in total. The van der Waals surface area contributed by atoms with Crippen molar-refractivity contribution in [2.24, 2.45) is 16.7 Å². The summed E-state index contributed by atoms with van der Waals surface area (Å²) in [6.45, 7) is 11.8. The quantitative estimate of drug-likeness (QED) is 0.659. The normalized spacial score (nSPS) is 20.1. The molecule has 1 aliphatic carbocycles. The second-order valence-corrected chi connectivity index (χ2v) is 6.69. The zero-order chi connectivity index (χ0) is 14.4. The van der Waals surface area contributed by atoms with Crippen molar-refractivity contribution in [1.29, 1.82) is 0 Å². The predicted octanol–water partition coefficient (Wildman–Crippen LogP) is 4.00. The molecule has 1 aliphatic rings. The zero-order valence-electron chi connectivity index (χ0n) is 12.3. The number of non-ortho nitro benzene ring substituents is 1. The lowest BCUT2D eigenvalue weighted by Gasteiger charge is -2.08. The average Bonchev–Trinajstić information content (AvgIpc) is 2.66. The van der Waals surface area contributed by atoms with E-state index in [-0.39, 0.29) is 10.6 Å². The van der Waals surface area contributed by atoms with Crippen LogP contribution in [0, 0.1) is 33.8 Å². The highest BCUT2D eigenvalue weighted by Gasteiger charge is 2.63. The number of anilines is 1. The predicted molar refractivity (Wildman–Crippen MR) is 77.4 cm³/mol. The molecule has 0 spiro atoms. The van der Waals surface area contributed by atoms with E-state index in [0.717, 1.165) is 17.8 Å². The van der Waals surface area contributed by atoms with Crippen LogP contribution in [-0.2, 0) is 0 Å². The van der Waals surface area contributed by atoms with Crippen LogP contribution in [0.25, 0.3) is 0 Å². The van der Waals surface area contributed by atoms with Crippen molar-refractivity contribution >= 4 is 11.4 Å². The van der Waals surface area contributed by atoms with E-state index in [1.165, 1.54) is 0 Å². The van der Waals surface area contributed by atoms with E-state index in [1.54, 1.807) is 12.1 Å². The van der Waals surface area contributed by atoms with Crippen LogP contribution in [-0.4, -0.2) is 11.5 Å². The van der Waals surface area contributed by atoms with Gasteiger partial charge in [0, 0.05) is 24.4 Å². The van der Waals surface area contributed by atoms with Crippen LogP contribution in [0.4, 0.5) is 11.4 Å². The maximum absolute atomic E-state index is 10.8. The van der Waals surface area contributed by atoms with Gasteiger partial charge in [-0.25, -0.2) is 0 Å². The summed E-state index contributed by atoms with van der Waals surface area (Å²) in [4.78, 5) is 10.5. The van der Waals surface area contributed by atoms with Crippen LogP contribution in [0.1, 0.15) is 33.3 Å². The first-order valence-corrected chi connectivity index (χ1v) is 6.66. The molecule has 0 aliphatic heterocycles. The molecule has 0 aromatic heterocycles. The molecule has 0 atom stereocenters. The highest BCUT2D eigenvalue weighted by Crippen LogP contribution is 2.68. The second kappa shape index (κ2) is 4.22. The topological polar surface area (TPSA) is 55.2 Å². The summed E-state index contributed by atoms with van der Waals surface area (Å²) in [5, 5.41) is 14.2. The van der Waals surface area contributed by atoms with E-state index < -0.39 is 0 Å². The molecule has 0 unspecified atom stereocenters. The molecule has 0 saturated heterocycles. The molecule has 19 heavy (non-hydrogen) atoms. The summed E-state index contributed by atoms with van der Waals surface area (Å²) in [6.07, 6.45) is 0. The first-order chi connectivity index (χ1) is 8.66. The molecule has 2 rings (SSSR count). The lowest BCUT2D eigenvalue weighted by atomic mass is 10.0. The average molecular weight is 262 g/mol. The van der Waals surface area contributed by atoms with Gasteiger partial charge in [-0.1, -0.05) is 27.7 Å². The van der Waals surface area contributed by atoms with E-state index in [4.69, 9.17) is 0 Å². The van der Waals surface area contributed by atoms with Gasteiger partial charge in [0.25, 0.3) is 5.69 Å². The highest BCUT2D eigenvalue weighted by atomic mass is 16.6. The van der Waals surface area contributed by atoms with Gasteiger partial charge in [0.05, 0.1) is 4.92 Å². The lowest BCUT2D eigenvalue weighted by Crippen LogP contribution is -2.08. The Kier molecular flexibility index (Phi) is 3.07. The number of rotatable bonds is 4. The third-order valence-corrected chi connectivity index (χ3v) is 5.10. The molecule has 1 fully saturated rings. The van der Waals surface area contributed by atoms with Crippen molar-refractivity contribution in [3.63, 3.8) is 0 Å². The summed E-state index contributed by atoms with van der Waals surface area (Å²) < 4.78 is 0. The number of hydrogen-bond donors (Lipinski definition) is 1. The van der Waals surface area contributed by atoms with Crippen LogP contribution >= 0.6 is 0 Å². The number of nitrogens with zero attached hydrogens (tertiary/aromatic N) is 1. The van der Waals surface area contributed by atoms with Crippen LogP contribution in [0.3, 0.4) is 0 Å². The standard InChI is InChI=1S/C15H22N2O2/c1-10-6-11(8-12(7-10)17(18)19)16-9-13-14(2,3)15(13,4)5/h6-8,13,16H,9H2,1-5H3. The van der Waals surface area contributed by atoms with E-state index in [9.17, 15) is 10.1 Å². The number of hydrogen-bond acceptors (Lipinski definition) is 3. The first-order valence-electron chi connectivity index (χ1n) is 6.66. The molecule has 0 bridgehead atoms. The van der Waals surface area contributed by atoms with Crippen molar-refractivity contribution in [2.75, 3.05) is 11.9 Å². The number of nitro benzene ring substituents is 1. The summed E-state index contributed by atoms with van der Waals surface area (Å²) in [5.74, 6) is 0.597. The summed E-state index contributed by atoms with van der Waals surface area (Å²) in [7, 11) is 0. The van der Waals surface area contributed by atoms with Crippen molar-refractivity contribution in [1.82, 2.24) is 0 Å². The molecule has 104 valence electrons. The van der Waals surface area contributed by atoms with Gasteiger partial charge in [-0.3, -0.25) is 10.1 Å². The minimum atomic E-state index is -0.344.